The van der Waals surface area contributed by atoms with Crippen molar-refractivity contribution in [1.29, 1.82) is 0 Å². The Hall–Kier alpha value is -3.58. The van der Waals surface area contributed by atoms with E-state index in [0.29, 0.717) is 17.1 Å². The van der Waals surface area contributed by atoms with E-state index in [0.717, 1.165) is 17.4 Å². The lowest BCUT2D eigenvalue weighted by molar-refractivity contribution is -0.138. The van der Waals surface area contributed by atoms with Crippen LogP contribution in [0.5, 0.6) is 0 Å². The minimum atomic E-state index is -4.53. The quantitative estimate of drug-likeness (QED) is 0.397. The van der Waals surface area contributed by atoms with Gasteiger partial charge < -0.3 is 21.7 Å². The molecule has 1 aromatic carbocycles. The number of hydrogen-bond donors (Lipinski definition) is 4. The van der Waals surface area contributed by atoms with Gasteiger partial charge in [0.05, 0.1) is 17.8 Å². The average molecular weight is 494 g/mol. The monoisotopic (exact) mass is 493 g/mol. The molecule has 1 atom stereocenters. The van der Waals surface area contributed by atoms with Gasteiger partial charge in [-0.2, -0.15) is 13.2 Å². The predicted octanol–water partition coefficient (Wildman–Crippen LogP) is 3.31. The number of carbonyl (C=O) groups excluding carboxylic acids is 2. The number of hydrogen-bond acceptors (Lipinski definition) is 8. The minimum absolute atomic E-state index is 0.0117. The van der Waals surface area contributed by atoms with Crippen LogP contribution in [0.1, 0.15) is 54.8 Å². The lowest BCUT2D eigenvalue weighted by atomic mass is 10.1. The number of thiazole rings is 1. The fourth-order valence-corrected chi connectivity index (χ4v) is 3.91. The Balaban J connectivity index is 1.71. The number of nitrogens with two attached hydrogens (primary N) is 1. The van der Waals surface area contributed by atoms with Gasteiger partial charge in [-0.15, -0.1) is 11.3 Å². The Morgan fingerprint density at radius 1 is 1.18 bits per heavy atom. The van der Waals surface area contributed by atoms with Crippen molar-refractivity contribution in [2.45, 2.75) is 32.6 Å². The third-order valence-electron chi connectivity index (χ3n) is 4.81. The topological polar surface area (TPSA) is 135 Å². The van der Waals surface area contributed by atoms with Gasteiger partial charge in [-0.1, -0.05) is 6.07 Å². The van der Waals surface area contributed by atoms with Gasteiger partial charge in [0, 0.05) is 17.8 Å². The molecule has 0 bridgehead atoms. The van der Waals surface area contributed by atoms with Crippen molar-refractivity contribution in [3.63, 3.8) is 0 Å². The molecule has 2 amide bonds. The summed E-state index contributed by atoms with van der Waals surface area (Å²) < 4.78 is 39.4. The van der Waals surface area contributed by atoms with Gasteiger partial charge in [0.2, 0.25) is 0 Å². The van der Waals surface area contributed by atoms with Gasteiger partial charge in [0.15, 0.2) is 0 Å². The third-order valence-corrected chi connectivity index (χ3v) is 5.99. The van der Waals surface area contributed by atoms with Crippen LogP contribution in [0.15, 0.2) is 30.7 Å². The number of benzene rings is 1. The lowest BCUT2D eigenvalue weighted by Crippen LogP contribution is -2.29. The summed E-state index contributed by atoms with van der Waals surface area (Å²) in [5.74, 6) is -0.924. The van der Waals surface area contributed by atoms with E-state index in [1.165, 1.54) is 31.6 Å². The molecule has 13 heteroatoms. The van der Waals surface area contributed by atoms with Crippen molar-refractivity contribution in [2.75, 3.05) is 18.1 Å². The van der Waals surface area contributed by atoms with Gasteiger partial charge >= 0.3 is 6.18 Å². The fourth-order valence-electron chi connectivity index (χ4n) is 3.09. The molecule has 34 heavy (non-hydrogen) atoms. The zero-order chi connectivity index (χ0) is 25.0. The zero-order valence-corrected chi connectivity index (χ0v) is 19.3. The van der Waals surface area contributed by atoms with Gasteiger partial charge in [0.25, 0.3) is 11.8 Å². The Bertz CT molecular complexity index is 1210. The van der Waals surface area contributed by atoms with Crippen LogP contribution in [0.2, 0.25) is 0 Å². The highest BCUT2D eigenvalue weighted by Crippen LogP contribution is 2.33. The molecule has 3 aromatic rings. The minimum Gasteiger partial charge on any atom is -0.383 e. The van der Waals surface area contributed by atoms with Crippen LogP contribution in [0.25, 0.3) is 0 Å². The fraction of sp³-hybridized carbons (Fsp3) is 0.286. The van der Waals surface area contributed by atoms with Crippen LogP contribution in [0, 0.1) is 6.92 Å². The molecule has 0 radical (unpaired) electrons. The van der Waals surface area contributed by atoms with E-state index >= 15 is 0 Å². The molecular formula is C21H22F3N7O2S. The number of halogens is 3. The Morgan fingerprint density at radius 3 is 2.59 bits per heavy atom. The molecule has 180 valence electrons. The highest BCUT2D eigenvalue weighted by Gasteiger charge is 2.32. The summed E-state index contributed by atoms with van der Waals surface area (Å²) in [5, 5.41) is 8.53. The molecule has 2 heterocycles. The summed E-state index contributed by atoms with van der Waals surface area (Å²) >= 11 is 1.01. The molecule has 0 saturated carbocycles. The molecular weight excluding hydrogens is 471 g/mol. The first-order valence-electron chi connectivity index (χ1n) is 10.0. The maximum Gasteiger partial charge on any atom is 0.416 e. The number of carbonyl (C=O) groups is 2. The van der Waals surface area contributed by atoms with Crippen molar-refractivity contribution >= 4 is 34.7 Å². The van der Waals surface area contributed by atoms with E-state index in [1.54, 1.807) is 14.0 Å². The first-order valence-corrected chi connectivity index (χ1v) is 10.8. The van der Waals surface area contributed by atoms with Crippen LogP contribution in [-0.4, -0.2) is 33.8 Å². The first kappa shape index (κ1) is 25.1. The number of aryl methyl sites for hydroxylation is 1. The summed E-state index contributed by atoms with van der Waals surface area (Å²) in [5.41, 5.74) is 5.64. The highest BCUT2D eigenvalue weighted by molar-refractivity contribution is 7.13. The molecule has 3 rings (SSSR count). The molecule has 0 spiro atoms. The summed E-state index contributed by atoms with van der Waals surface area (Å²) in [6.07, 6.45) is -2.04. The third kappa shape index (κ3) is 5.66. The van der Waals surface area contributed by atoms with Gasteiger partial charge in [-0.05, 0) is 38.6 Å². The normalized spacial score (nSPS) is 12.3. The van der Waals surface area contributed by atoms with E-state index in [1.807, 2.05) is 0 Å². The van der Waals surface area contributed by atoms with Crippen molar-refractivity contribution in [3.05, 3.63) is 63.0 Å². The predicted molar refractivity (Wildman–Crippen MR) is 121 cm³/mol. The van der Waals surface area contributed by atoms with Gasteiger partial charge in [-0.25, -0.2) is 15.0 Å². The zero-order valence-electron chi connectivity index (χ0n) is 18.4. The van der Waals surface area contributed by atoms with Crippen molar-refractivity contribution in [3.8, 4) is 0 Å². The molecule has 5 N–H and O–H groups in total. The Kier molecular flexibility index (Phi) is 7.47. The second-order valence-electron chi connectivity index (χ2n) is 7.36. The molecule has 0 aliphatic rings. The smallest absolute Gasteiger partial charge is 0.383 e. The van der Waals surface area contributed by atoms with E-state index in [-0.39, 0.29) is 27.6 Å². The number of aromatic nitrogens is 3. The maximum atomic E-state index is 13.1. The van der Waals surface area contributed by atoms with Crippen LogP contribution in [0.4, 0.5) is 24.7 Å². The van der Waals surface area contributed by atoms with Crippen molar-refractivity contribution in [2.24, 2.45) is 0 Å². The highest BCUT2D eigenvalue weighted by atomic mass is 32.1. The summed E-state index contributed by atoms with van der Waals surface area (Å²) in [4.78, 5) is 37.5. The van der Waals surface area contributed by atoms with Crippen molar-refractivity contribution < 1.29 is 22.8 Å². The van der Waals surface area contributed by atoms with E-state index in [2.05, 4.69) is 30.9 Å². The molecule has 2 aromatic heterocycles. The van der Waals surface area contributed by atoms with Crippen LogP contribution in [0.3, 0.4) is 0 Å². The maximum absolute atomic E-state index is 13.1. The average Bonchev–Trinajstić information content (AvgIpc) is 3.26. The number of alkyl halides is 3. The van der Waals surface area contributed by atoms with Crippen LogP contribution < -0.4 is 21.7 Å². The second kappa shape index (κ2) is 10.1. The van der Waals surface area contributed by atoms with Crippen LogP contribution >= 0.6 is 11.3 Å². The SMILES string of the molecule is CNCc1c(N)ncnc1C(=O)N[C@@H](C)c1ncc(C(=O)Nc2ccc(C)c(C(F)(F)F)c2)s1. The van der Waals surface area contributed by atoms with Crippen LogP contribution in [-0.2, 0) is 12.7 Å². The largest absolute Gasteiger partial charge is 0.416 e. The Morgan fingerprint density at radius 2 is 1.91 bits per heavy atom. The van der Waals surface area contributed by atoms with E-state index in [4.69, 9.17) is 5.73 Å². The number of anilines is 2. The number of rotatable bonds is 7. The number of nitrogens with one attached hydrogen (secondary N) is 3. The van der Waals surface area contributed by atoms with Gasteiger partial charge in [-0.3, -0.25) is 9.59 Å². The number of nitrogens with zero attached hydrogens (tertiary/aromatic N) is 3. The van der Waals surface area contributed by atoms with E-state index < -0.39 is 29.6 Å². The summed E-state index contributed by atoms with van der Waals surface area (Å²) in [6, 6.07) is 2.99. The molecule has 0 unspecified atom stereocenters. The van der Waals surface area contributed by atoms with E-state index in [9.17, 15) is 22.8 Å². The molecule has 9 nitrogen and oxygen atoms in total. The molecule has 0 aliphatic carbocycles. The number of nitrogen functional groups attached to an aromatic ring is 1. The second-order valence-corrected chi connectivity index (χ2v) is 8.42. The standard InChI is InChI=1S/C21H22F3N7O2S/c1-10-4-5-12(6-14(10)21(22,23)24)31-18(32)15-8-27-20(34-15)11(2)30-19(33)16-13(7-26-3)17(25)29-9-28-16/h4-6,8-9,11,26H,7H2,1-3H3,(H,30,33)(H,31,32)(H2,25,28,29)/t11-/m0/s1. The Labute approximate surface area is 197 Å². The van der Waals surface area contributed by atoms with Gasteiger partial charge in [0.1, 0.15) is 27.7 Å². The molecule has 0 saturated heterocycles. The molecule has 0 aliphatic heterocycles. The summed E-state index contributed by atoms with van der Waals surface area (Å²) in [6.45, 7) is 3.31. The number of amides is 2. The lowest BCUT2D eigenvalue weighted by Gasteiger charge is -2.14. The first-order chi connectivity index (χ1) is 16.0. The molecule has 0 fully saturated rings. The van der Waals surface area contributed by atoms with Crippen molar-refractivity contribution in [1.82, 2.24) is 25.6 Å². The summed E-state index contributed by atoms with van der Waals surface area (Å²) in [7, 11) is 1.69.